The molecule has 0 aliphatic rings. The Morgan fingerprint density at radius 1 is 1.03 bits per heavy atom. The Balaban J connectivity index is 1.50. The van der Waals surface area contributed by atoms with Crippen molar-refractivity contribution in [1.29, 1.82) is 0 Å². The average Bonchev–Trinajstić information content (AvgIpc) is 3.31. The third-order valence-electron chi connectivity index (χ3n) is 5.15. The van der Waals surface area contributed by atoms with Crippen LogP contribution in [0.15, 0.2) is 78.0 Å². The van der Waals surface area contributed by atoms with E-state index in [2.05, 4.69) is 15.5 Å². The van der Waals surface area contributed by atoms with Crippen molar-refractivity contribution < 1.29 is 19.1 Å². The minimum absolute atomic E-state index is 0.0533. The monoisotopic (exact) mass is 522 g/mol. The van der Waals surface area contributed by atoms with Crippen LogP contribution in [-0.2, 0) is 16.1 Å². The maximum absolute atomic E-state index is 12.7. The van der Waals surface area contributed by atoms with Crippen molar-refractivity contribution in [3.05, 3.63) is 94.8 Å². The second kappa shape index (κ2) is 11.7. The van der Waals surface area contributed by atoms with Gasteiger partial charge in [0.05, 0.1) is 24.1 Å². The standard InChI is InChI=1S/C26H23ClN4O4S/c1-17-14-19(12-13-21(17)27)35-15-23-29-30-26(31(23)18-8-4-3-5-9-18)36-16-24(32)28-22-11-7-6-10-20(22)25(33)34-2/h3-14H,15-16H2,1-2H3,(H,28,32). The number of amides is 1. The van der Waals surface area contributed by atoms with Crippen molar-refractivity contribution in [3.8, 4) is 11.4 Å². The molecule has 10 heteroatoms. The number of anilines is 1. The Morgan fingerprint density at radius 2 is 1.78 bits per heavy atom. The van der Waals surface area contributed by atoms with Gasteiger partial charge >= 0.3 is 5.97 Å². The summed E-state index contributed by atoms with van der Waals surface area (Å²) in [5.41, 5.74) is 2.41. The third kappa shape index (κ3) is 6.05. The first-order chi connectivity index (χ1) is 17.5. The molecule has 0 fully saturated rings. The van der Waals surface area contributed by atoms with Crippen LogP contribution < -0.4 is 10.1 Å². The summed E-state index contributed by atoms with van der Waals surface area (Å²) in [5.74, 6) is 0.471. The van der Waals surface area contributed by atoms with Crippen molar-refractivity contribution >= 4 is 40.9 Å². The number of nitrogens with zero attached hydrogens (tertiary/aromatic N) is 3. The molecular formula is C26H23ClN4O4S. The lowest BCUT2D eigenvalue weighted by molar-refractivity contribution is -0.113. The van der Waals surface area contributed by atoms with Gasteiger partial charge in [0.2, 0.25) is 5.91 Å². The smallest absolute Gasteiger partial charge is 0.339 e. The summed E-state index contributed by atoms with van der Waals surface area (Å²) < 4.78 is 12.6. The molecule has 0 spiro atoms. The number of para-hydroxylation sites is 2. The van der Waals surface area contributed by atoms with E-state index >= 15 is 0 Å². The summed E-state index contributed by atoms with van der Waals surface area (Å²) in [5, 5.41) is 12.6. The SMILES string of the molecule is COC(=O)c1ccccc1NC(=O)CSc1nnc(COc2ccc(Cl)c(C)c2)n1-c1ccccc1. The highest BCUT2D eigenvalue weighted by Crippen LogP contribution is 2.25. The molecule has 0 aliphatic heterocycles. The zero-order chi connectivity index (χ0) is 25.5. The first kappa shape index (κ1) is 25.3. The van der Waals surface area contributed by atoms with Crippen molar-refractivity contribution in [1.82, 2.24) is 14.8 Å². The van der Waals surface area contributed by atoms with Crippen LogP contribution in [0.4, 0.5) is 5.69 Å². The van der Waals surface area contributed by atoms with Crippen molar-refractivity contribution in [3.63, 3.8) is 0 Å². The van der Waals surface area contributed by atoms with Crippen LogP contribution in [0.1, 0.15) is 21.7 Å². The highest BCUT2D eigenvalue weighted by atomic mass is 35.5. The number of aromatic nitrogens is 3. The van der Waals surface area contributed by atoms with Gasteiger partial charge in [-0.2, -0.15) is 0 Å². The first-order valence-corrected chi connectivity index (χ1v) is 12.3. The Labute approximate surface area is 217 Å². The van der Waals surface area contributed by atoms with Crippen LogP contribution in [0.2, 0.25) is 5.02 Å². The minimum Gasteiger partial charge on any atom is -0.486 e. The molecule has 1 heterocycles. The van der Waals surface area contributed by atoms with Gasteiger partial charge in [0.1, 0.15) is 12.4 Å². The molecule has 4 aromatic rings. The summed E-state index contributed by atoms with van der Waals surface area (Å²) >= 11 is 7.33. The van der Waals surface area contributed by atoms with Gasteiger partial charge in [-0.25, -0.2) is 4.79 Å². The zero-order valence-electron chi connectivity index (χ0n) is 19.6. The number of carbonyl (C=O) groups excluding carboxylic acids is 2. The van der Waals surface area contributed by atoms with E-state index in [4.69, 9.17) is 21.1 Å². The molecule has 0 saturated carbocycles. The van der Waals surface area contributed by atoms with E-state index in [9.17, 15) is 9.59 Å². The van der Waals surface area contributed by atoms with E-state index in [1.807, 2.05) is 47.9 Å². The molecule has 184 valence electrons. The molecule has 0 atom stereocenters. The molecule has 4 rings (SSSR count). The maximum atomic E-state index is 12.7. The van der Waals surface area contributed by atoms with Gasteiger partial charge < -0.3 is 14.8 Å². The quantitative estimate of drug-likeness (QED) is 0.234. The highest BCUT2D eigenvalue weighted by molar-refractivity contribution is 7.99. The number of rotatable bonds is 9. The predicted molar refractivity (Wildman–Crippen MR) is 139 cm³/mol. The fourth-order valence-corrected chi connectivity index (χ4v) is 4.26. The largest absolute Gasteiger partial charge is 0.486 e. The molecule has 1 amide bonds. The fourth-order valence-electron chi connectivity index (χ4n) is 3.38. The summed E-state index contributed by atoms with van der Waals surface area (Å²) in [6, 6.07) is 21.7. The summed E-state index contributed by atoms with van der Waals surface area (Å²) in [4.78, 5) is 24.7. The molecule has 1 aromatic heterocycles. The Morgan fingerprint density at radius 3 is 2.53 bits per heavy atom. The Bertz CT molecular complexity index is 1380. The number of carbonyl (C=O) groups is 2. The van der Waals surface area contributed by atoms with Gasteiger partial charge in [-0.1, -0.05) is 53.7 Å². The first-order valence-electron chi connectivity index (χ1n) is 10.9. The lowest BCUT2D eigenvalue weighted by Crippen LogP contribution is -2.17. The Kier molecular flexibility index (Phi) is 8.24. The molecule has 0 aliphatic carbocycles. The fraction of sp³-hybridized carbons (Fsp3) is 0.154. The number of halogens is 1. The van der Waals surface area contributed by atoms with Gasteiger partial charge in [-0.15, -0.1) is 10.2 Å². The third-order valence-corrected chi connectivity index (χ3v) is 6.50. The molecule has 36 heavy (non-hydrogen) atoms. The van der Waals surface area contributed by atoms with Gasteiger partial charge in [0.25, 0.3) is 0 Å². The number of benzene rings is 3. The van der Waals surface area contributed by atoms with Gasteiger partial charge in [-0.05, 0) is 55.0 Å². The van der Waals surface area contributed by atoms with Crippen LogP contribution in [0.25, 0.3) is 5.69 Å². The van der Waals surface area contributed by atoms with Crippen LogP contribution in [0, 0.1) is 6.92 Å². The van der Waals surface area contributed by atoms with Crippen LogP contribution in [0.5, 0.6) is 5.75 Å². The number of hydrogen-bond donors (Lipinski definition) is 1. The number of aryl methyl sites for hydroxylation is 1. The number of nitrogens with one attached hydrogen (secondary N) is 1. The summed E-state index contributed by atoms with van der Waals surface area (Å²) in [6.07, 6.45) is 0. The summed E-state index contributed by atoms with van der Waals surface area (Å²) in [7, 11) is 1.29. The minimum atomic E-state index is -0.525. The molecule has 0 saturated heterocycles. The van der Waals surface area contributed by atoms with E-state index in [0.29, 0.717) is 27.4 Å². The number of hydrogen-bond acceptors (Lipinski definition) is 7. The van der Waals surface area contributed by atoms with Gasteiger partial charge in [-0.3, -0.25) is 9.36 Å². The van der Waals surface area contributed by atoms with Crippen LogP contribution in [0.3, 0.4) is 0 Å². The maximum Gasteiger partial charge on any atom is 0.339 e. The van der Waals surface area contributed by atoms with E-state index < -0.39 is 5.97 Å². The molecule has 8 nitrogen and oxygen atoms in total. The lowest BCUT2D eigenvalue weighted by Gasteiger charge is -2.12. The van der Waals surface area contributed by atoms with Gasteiger partial charge in [0.15, 0.2) is 11.0 Å². The number of esters is 1. The summed E-state index contributed by atoms with van der Waals surface area (Å²) in [6.45, 7) is 2.08. The topological polar surface area (TPSA) is 95.3 Å². The second-order valence-electron chi connectivity index (χ2n) is 7.64. The normalized spacial score (nSPS) is 10.6. The average molecular weight is 523 g/mol. The number of ether oxygens (including phenoxy) is 2. The van der Waals surface area contributed by atoms with Gasteiger partial charge in [0, 0.05) is 10.7 Å². The van der Waals surface area contributed by atoms with Crippen LogP contribution in [-0.4, -0.2) is 39.5 Å². The van der Waals surface area contributed by atoms with Crippen LogP contribution >= 0.6 is 23.4 Å². The van der Waals surface area contributed by atoms with Crippen molar-refractivity contribution in [2.24, 2.45) is 0 Å². The highest BCUT2D eigenvalue weighted by Gasteiger charge is 2.18. The molecule has 1 N–H and O–H groups in total. The van der Waals surface area contributed by atoms with E-state index in [1.54, 1.807) is 36.4 Å². The van der Waals surface area contributed by atoms with E-state index in [-0.39, 0.29) is 23.8 Å². The molecule has 0 radical (unpaired) electrons. The number of thioether (sulfide) groups is 1. The van der Waals surface area contributed by atoms with Crippen molar-refractivity contribution in [2.45, 2.75) is 18.7 Å². The van der Waals surface area contributed by atoms with E-state index in [0.717, 1.165) is 11.3 Å². The molecule has 0 bridgehead atoms. The molecule has 3 aromatic carbocycles. The predicted octanol–water partition coefficient (Wildman–Crippen LogP) is 5.33. The lowest BCUT2D eigenvalue weighted by atomic mass is 10.2. The van der Waals surface area contributed by atoms with Crippen molar-refractivity contribution in [2.75, 3.05) is 18.2 Å². The molecular weight excluding hydrogens is 500 g/mol. The van der Waals surface area contributed by atoms with E-state index in [1.165, 1.54) is 18.9 Å². The second-order valence-corrected chi connectivity index (χ2v) is 8.99. The Hall–Kier alpha value is -3.82. The number of methoxy groups -OCH3 is 1. The zero-order valence-corrected chi connectivity index (χ0v) is 21.2. The molecule has 0 unspecified atom stereocenters.